The van der Waals surface area contributed by atoms with Gasteiger partial charge in [-0.15, -0.1) is 0 Å². The molecule has 4 heteroatoms. The van der Waals surface area contributed by atoms with E-state index >= 15 is 0 Å². The normalized spacial score (nSPS) is 12.8. The van der Waals surface area contributed by atoms with E-state index in [0.717, 1.165) is 42.9 Å². The number of ether oxygens (including phenoxy) is 1. The summed E-state index contributed by atoms with van der Waals surface area (Å²) in [6.07, 6.45) is 3.05. The maximum Gasteiger partial charge on any atom is 0.246 e. The van der Waals surface area contributed by atoms with Crippen LogP contribution in [0, 0.1) is 0 Å². The second kappa shape index (κ2) is 7.86. The zero-order valence-electron chi connectivity index (χ0n) is 14.1. The fourth-order valence-corrected chi connectivity index (χ4v) is 2.93. The zero-order chi connectivity index (χ0) is 16.8. The largest absolute Gasteiger partial charge is 0.491 e. The van der Waals surface area contributed by atoms with Crippen LogP contribution in [0.1, 0.15) is 25.3 Å². The Bertz CT molecular complexity index is 700. The highest BCUT2D eigenvalue weighted by Crippen LogP contribution is 2.28. The standard InChI is InChI=1S/C20H24N2O2/c1-2-3-14-24-19-11-7-5-9-17(19)21-15-20(23)22-13-12-16-8-4-6-10-18(16)22/h4-11,21H,2-3,12-15H2,1H3. The van der Waals surface area contributed by atoms with Gasteiger partial charge in [-0.2, -0.15) is 0 Å². The Morgan fingerprint density at radius 3 is 2.83 bits per heavy atom. The van der Waals surface area contributed by atoms with Gasteiger partial charge >= 0.3 is 0 Å². The molecule has 1 N–H and O–H groups in total. The van der Waals surface area contributed by atoms with Gasteiger partial charge in [-0.1, -0.05) is 43.7 Å². The number of para-hydroxylation sites is 3. The zero-order valence-corrected chi connectivity index (χ0v) is 14.1. The molecule has 0 fully saturated rings. The Morgan fingerprint density at radius 2 is 1.96 bits per heavy atom. The molecule has 0 spiro atoms. The number of amides is 1. The smallest absolute Gasteiger partial charge is 0.246 e. The highest BCUT2D eigenvalue weighted by atomic mass is 16.5. The second-order valence-corrected chi connectivity index (χ2v) is 5.98. The van der Waals surface area contributed by atoms with Crippen LogP contribution < -0.4 is 15.0 Å². The van der Waals surface area contributed by atoms with E-state index < -0.39 is 0 Å². The fraction of sp³-hybridized carbons (Fsp3) is 0.350. The molecule has 0 saturated heterocycles. The molecule has 3 rings (SSSR count). The predicted molar refractivity (Wildman–Crippen MR) is 97.8 cm³/mol. The first-order chi connectivity index (χ1) is 11.8. The number of unbranched alkanes of at least 4 members (excludes halogenated alkanes) is 1. The van der Waals surface area contributed by atoms with Crippen LogP contribution >= 0.6 is 0 Å². The van der Waals surface area contributed by atoms with E-state index in [-0.39, 0.29) is 12.5 Å². The lowest BCUT2D eigenvalue weighted by molar-refractivity contribution is -0.116. The molecule has 24 heavy (non-hydrogen) atoms. The molecule has 0 saturated carbocycles. The van der Waals surface area contributed by atoms with Crippen molar-refractivity contribution in [2.24, 2.45) is 0 Å². The van der Waals surface area contributed by atoms with E-state index in [2.05, 4.69) is 18.3 Å². The minimum absolute atomic E-state index is 0.0864. The van der Waals surface area contributed by atoms with Crippen molar-refractivity contribution in [1.82, 2.24) is 0 Å². The first kappa shape index (κ1) is 16.4. The summed E-state index contributed by atoms with van der Waals surface area (Å²) < 4.78 is 5.80. The van der Waals surface area contributed by atoms with Gasteiger partial charge in [0.2, 0.25) is 5.91 Å². The maximum atomic E-state index is 12.6. The summed E-state index contributed by atoms with van der Waals surface area (Å²) in [5, 5.41) is 3.23. The Balaban J connectivity index is 1.61. The molecule has 126 valence electrons. The molecule has 4 nitrogen and oxygen atoms in total. The summed E-state index contributed by atoms with van der Waals surface area (Å²) in [4.78, 5) is 14.4. The van der Waals surface area contributed by atoms with Crippen molar-refractivity contribution in [3.05, 3.63) is 54.1 Å². The average Bonchev–Trinajstić information content (AvgIpc) is 3.05. The highest BCUT2D eigenvalue weighted by Gasteiger charge is 2.23. The summed E-state index contributed by atoms with van der Waals surface area (Å²) in [5.41, 5.74) is 3.15. The third-order valence-electron chi connectivity index (χ3n) is 4.26. The third-order valence-corrected chi connectivity index (χ3v) is 4.26. The Labute approximate surface area is 143 Å². The van der Waals surface area contributed by atoms with E-state index in [0.29, 0.717) is 6.61 Å². The van der Waals surface area contributed by atoms with E-state index in [1.165, 1.54) is 5.56 Å². The van der Waals surface area contributed by atoms with Crippen LogP contribution in [0.2, 0.25) is 0 Å². The number of anilines is 2. The van der Waals surface area contributed by atoms with Crippen molar-refractivity contribution in [3.8, 4) is 5.75 Å². The van der Waals surface area contributed by atoms with Crippen molar-refractivity contribution in [2.45, 2.75) is 26.2 Å². The number of nitrogens with zero attached hydrogens (tertiary/aromatic N) is 1. The molecular formula is C20H24N2O2. The van der Waals surface area contributed by atoms with Gasteiger partial charge in [0.25, 0.3) is 0 Å². The van der Waals surface area contributed by atoms with Gasteiger partial charge in [0.1, 0.15) is 5.75 Å². The Morgan fingerprint density at radius 1 is 1.17 bits per heavy atom. The summed E-state index contributed by atoms with van der Waals surface area (Å²) in [7, 11) is 0. The van der Waals surface area contributed by atoms with Gasteiger partial charge in [0.15, 0.2) is 0 Å². The van der Waals surface area contributed by atoms with Crippen LogP contribution in [-0.4, -0.2) is 25.6 Å². The molecule has 0 atom stereocenters. The molecule has 1 amide bonds. The van der Waals surface area contributed by atoms with Gasteiger partial charge in [0.05, 0.1) is 18.8 Å². The summed E-state index contributed by atoms with van der Waals surface area (Å²) in [5.74, 6) is 0.892. The lowest BCUT2D eigenvalue weighted by Crippen LogP contribution is -2.34. The molecule has 1 heterocycles. The molecular weight excluding hydrogens is 300 g/mol. The lowest BCUT2D eigenvalue weighted by atomic mass is 10.2. The lowest BCUT2D eigenvalue weighted by Gasteiger charge is -2.19. The summed E-state index contributed by atoms with van der Waals surface area (Å²) >= 11 is 0. The summed E-state index contributed by atoms with van der Waals surface area (Å²) in [6, 6.07) is 15.9. The number of fused-ring (bicyclic) bond motifs is 1. The number of hydrogen-bond acceptors (Lipinski definition) is 3. The van der Waals surface area contributed by atoms with Crippen molar-refractivity contribution in [3.63, 3.8) is 0 Å². The van der Waals surface area contributed by atoms with Gasteiger partial charge < -0.3 is 15.0 Å². The van der Waals surface area contributed by atoms with Gasteiger partial charge in [0, 0.05) is 12.2 Å². The van der Waals surface area contributed by atoms with Crippen LogP contribution in [0.3, 0.4) is 0 Å². The first-order valence-corrected chi connectivity index (χ1v) is 8.63. The molecule has 2 aromatic carbocycles. The number of nitrogens with one attached hydrogen (secondary N) is 1. The van der Waals surface area contributed by atoms with Crippen molar-refractivity contribution in [1.29, 1.82) is 0 Å². The quantitative estimate of drug-likeness (QED) is 0.786. The predicted octanol–water partition coefficient (Wildman–Crippen LogP) is 3.87. The van der Waals surface area contributed by atoms with Crippen LogP contribution in [-0.2, 0) is 11.2 Å². The molecule has 0 bridgehead atoms. The Hall–Kier alpha value is -2.49. The molecule has 1 aliphatic rings. The number of benzene rings is 2. The molecule has 1 aliphatic heterocycles. The molecule has 0 radical (unpaired) electrons. The average molecular weight is 324 g/mol. The second-order valence-electron chi connectivity index (χ2n) is 5.98. The topological polar surface area (TPSA) is 41.6 Å². The number of carbonyl (C=O) groups excluding carboxylic acids is 1. The van der Waals surface area contributed by atoms with Crippen LogP contribution in [0.4, 0.5) is 11.4 Å². The number of rotatable bonds is 7. The van der Waals surface area contributed by atoms with Gasteiger partial charge in [-0.25, -0.2) is 0 Å². The molecule has 0 aliphatic carbocycles. The first-order valence-electron chi connectivity index (χ1n) is 8.63. The molecule has 2 aromatic rings. The van der Waals surface area contributed by atoms with Crippen molar-refractivity contribution in [2.75, 3.05) is 29.9 Å². The van der Waals surface area contributed by atoms with Crippen LogP contribution in [0.15, 0.2) is 48.5 Å². The minimum Gasteiger partial charge on any atom is -0.491 e. The van der Waals surface area contributed by atoms with Gasteiger partial charge in [-0.05, 0) is 36.6 Å². The molecule has 0 unspecified atom stereocenters. The summed E-state index contributed by atoms with van der Waals surface area (Å²) in [6.45, 7) is 3.86. The number of hydrogen-bond donors (Lipinski definition) is 1. The van der Waals surface area contributed by atoms with E-state index in [1.807, 2.05) is 47.4 Å². The Kier molecular flexibility index (Phi) is 5.36. The maximum absolute atomic E-state index is 12.6. The van der Waals surface area contributed by atoms with Gasteiger partial charge in [-0.3, -0.25) is 4.79 Å². The number of carbonyl (C=O) groups is 1. The van der Waals surface area contributed by atoms with Crippen molar-refractivity contribution >= 4 is 17.3 Å². The van der Waals surface area contributed by atoms with Crippen LogP contribution in [0.5, 0.6) is 5.75 Å². The monoisotopic (exact) mass is 324 g/mol. The van der Waals surface area contributed by atoms with E-state index in [9.17, 15) is 4.79 Å². The SMILES string of the molecule is CCCCOc1ccccc1NCC(=O)N1CCc2ccccc21. The third kappa shape index (κ3) is 3.70. The minimum atomic E-state index is 0.0864. The molecule has 0 aromatic heterocycles. The highest BCUT2D eigenvalue weighted by molar-refractivity contribution is 5.98. The van der Waals surface area contributed by atoms with E-state index in [1.54, 1.807) is 0 Å². The fourth-order valence-electron chi connectivity index (χ4n) is 2.93. The van der Waals surface area contributed by atoms with Crippen molar-refractivity contribution < 1.29 is 9.53 Å². The van der Waals surface area contributed by atoms with E-state index in [4.69, 9.17) is 4.74 Å². The van der Waals surface area contributed by atoms with Crippen LogP contribution in [0.25, 0.3) is 0 Å².